The standard InChI is InChI=1S/C15H13BrN4O2S/c1-3-6-20-14(22)8(2)23-15(20)19-18-12-10-7-9(16)4-5-11(10)17-13(12)21/h3-5,7-8H,1,6H2,2H3,(H,17,18,21)/b19-15-. The molecule has 8 heteroatoms. The van der Waals surface area contributed by atoms with Gasteiger partial charge in [0.05, 0.1) is 10.9 Å². The molecule has 2 amide bonds. The minimum Gasteiger partial charge on any atom is -0.320 e. The van der Waals surface area contributed by atoms with Crippen LogP contribution in [0, 0.1) is 0 Å². The first kappa shape index (κ1) is 15.9. The molecule has 2 heterocycles. The number of anilines is 1. The minimum atomic E-state index is -0.305. The summed E-state index contributed by atoms with van der Waals surface area (Å²) >= 11 is 4.70. The van der Waals surface area contributed by atoms with Crippen LogP contribution in [-0.4, -0.2) is 39.4 Å². The Morgan fingerprint density at radius 2 is 2.22 bits per heavy atom. The Hall–Kier alpha value is -1.93. The van der Waals surface area contributed by atoms with Crippen molar-refractivity contribution in [3.05, 3.63) is 40.9 Å². The summed E-state index contributed by atoms with van der Waals surface area (Å²) in [7, 11) is 0. The first-order valence-corrected chi connectivity index (χ1v) is 8.54. The van der Waals surface area contributed by atoms with Crippen LogP contribution in [0.2, 0.25) is 0 Å². The second kappa shape index (κ2) is 6.29. The Kier molecular flexibility index (Phi) is 4.36. The van der Waals surface area contributed by atoms with Crippen molar-refractivity contribution < 1.29 is 9.59 Å². The SMILES string of the molecule is C=CCN1C(=O)C(C)S/C1=N\N=C1/C(=O)Nc2ccc(Br)cc21. The normalized spacial score (nSPS) is 23.6. The topological polar surface area (TPSA) is 74.1 Å². The van der Waals surface area contributed by atoms with Crippen molar-refractivity contribution in [3.8, 4) is 0 Å². The van der Waals surface area contributed by atoms with E-state index in [1.807, 2.05) is 19.1 Å². The number of nitrogens with one attached hydrogen (secondary N) is 1. The molecule has 0 bridgehead atoms. The molecule has 2 aliphatic heterocycles. The highest BCUT2D eigenvalue weighted by Crippen LogP contribution is 2.29. The third kappa shape index (κ3) is 2.96. The predicted octanol–water partition coefficient (Wildman–Crippen LogP) is 2.61. The van der Waals surface area contributed by atoms with Crippen LogP contribution in [-0.2, 0) is 9.59 Å². The molecule has 3 rings (SSSR count). The molecule has 1 aromatic carbocycles. The third-order valence-electron chi connectivity index (χ3n) is 3.37. The molecule has 0 aliphatic carbocycles. The summed E-state index contributed by atoms with van der Waals surface area (Å²) in [6, 6.07) is 5.45. The van der Waals surface area contributed by atoms with E-state index in [9.17, 15) is 9.59 Å². The summed E-state index contributed by atoms with van der Waals surface area (Å²) in [6.07, 6.45) is 1.63. The van der Waals surface area contributed by atoms with Crippen LogP contribution in [0.5, 0.6) is 0 Å². The molecule has 1 atom stereocenters. The first-order chi connectivity index (χ1) is 11.0. The van der Waals surface area contributed by atoms with Crippen molar-refractivity contribution in [2.24, 2.45) is 10.2 Å². The number of rotatable bonds is 3. The first-order valence-electron chi connectivity index (χ1n) is 6.87. The summed E-state index contributed by atoms with van der Waals surface area (Å²) in [5, 5.41) is 11.2. The lowest BCUT2D eigenvalue weighted by atomic mass is 10.1. The van der Waals surface area contributed by atoms with Gasteiger partial charge in [-0.15, -0.1) is 16.8 Å². The lowest BCUT2D eigenvalue weighted by molar-refractivity contribution is -0.125. The number of carbonyl (C=O) groups excluding carboxylic acids is 2. The monoisotopic (exact) mass is 392 g/mol. The van der Waals surface area contributed by atoms with E-state index >= 15 is 0 Å². The number of amides is 2. The maximum atomic E-state index is 12.1. The molecule has 6 nitrogen and oxygen atoms in total. The second-order valence-electron chi connectivity index (χ2n) is 4.97. The Labute approximate surface area is 145 Å². The van der Waals surface area contributed by atoms with Crippen LogP contribution in [0.3, 0.4) is 0 Å². The van der Waals surface area contributed by atoms with Crippen LogP contribution in [0.1, 0.15) is 12.5 Å². The smallest absolute Gasteiger partial charge is 0.276 e. The number of hydrogen-bond donors (Lipinski definition) is 1. The van der Waals surface area contributed by atoms with E-state index in [0.29, 0.717) is 23.0 Å². The van der Waals surface area contributed by atoms with Crippen LogP contribution in [0.4, 0.5) is 5.69 Å². The van der Waals surface area contributed by atoms with Gasteiger partial charge < -0.3 is 5.32 Å². The summed E-state index contributed by atoms with van der Waals surface area (Å²) < 4.78 is 0.848. The van der Waals surface area contributed by atoms with Crippen molar-refractivity contribution in [1.29, 1.82) is 0 Å². The van der Waals surface area contributed by atoms with Crippen molar-refractivity contribution in [2.75, 3.05) is 11.9 Å². The number of nitrogens with zero attached hydrogens (tertiary/aromatic N) is 3. The molecule has 0 saturated carbocycles. The fourth-order valence-corrected chi connectivity index (χ4v) is 3.56. The summed E-state index contributed by atoms with van der Waals surface area (Å²) in [5.74, 6) is -0.340. The Bertz CT molecular complexity index is 775. The molecular weight excluding hydrogens is 380 g/mol. The molecule has 0 aromatic heterocycles. The van der Waals surface area contributed by atoms with Gasteiger partial charge in [0.15, 0.2) is 10.9 Å². The zero-order valence-corrected chi connectivity index (χ0v) is 14.6. The van der Waals surface area contributed by atoms with Gasteiger partial charge in [0.1, 0.15) is 0 Å². The lowest BCUT2D eigenvalue weighted by Gasteiger charge is -2.11. The Morgan fingerprint density at radius 1 is 1.43 bits per heavy atom. The number of hydrogen-bond acceptors (Lipinski definition) is 5. The van der Waals surface area contributed by atoms with Gasteiger partial charge >= 0.3 is 0 Å². The molecule has 0 spiro atoms. The summed E-state index contributed by atoms with van der Waals surface area (Å²) in [6.45, 7) is 5.83. The number of thioether (sulfide) groups is 1. The van der Waals surface area contributed by atoms with Gasteiger partial charge in [-0.05, 0) is 25.1 Å². The van der Waals surface area contributed by atoms with Crippen molar-refractivity contribution >= 4 is 56.1 Å². The molecule has 1 saturated heterocycles. The highest BCUT2D eigenvalue weighted by Gasteiger charge is 2.34. The zero-order valence-electron chi connectivity index (χ0n) is 12.2. The Morgan fingerprint density at radius 3 is 2.96 bits per heavy atom. The van der Waals surface area contributed by atoms with Gasteiger partial charge in [-0.2, -0.15) is 0 Å². The van der Waals surface area contributed by atoms with E-state index in [0.717, 1.165) is 4.47 Å². The van der Waals surface area contributed by atoms with Gasteiger partial charge in [0.25, 0.3) is 5.91 Å². The van der Waals surface area contributed by atoms with Gasteiger partial charge in [-0.1, -0.05) is 33.8 Å². The molecule has 0 radical (unpaired) electrons. The number of fused-ring (bicyclic) bond motifs is 1. The largest absolute Gasteiger partial charge is 0.320 e. The maximum Gasteiger partial charge on any atom is 0.276 e. The molecule has 1 aromatic rings. The maximum absolute atomic E-state index is 12.1. The molecule has 2 aliphatic rings. The minimum absolute atomic E-state index is 0.0344. The number of amidine groups is 1. The number of carbonyl (C=O) groups is 2. The van der Waals surface area contributed by atoms with Gasteiger partial charge in [0.2, 0.25) is 5.91 Å². The third-order valence-corrected chi connectivity index (χ3v) is 4.94. The van der Waals surface area contributed by atoms with Gasteiger partial charge in [-0.3, -0.25) is 14.5 Å². The van der Waals surface area contributed by atoms with E-state index < -0.39 is 0 Å². The highest BCUT2D eigenvalue weighted by atomic mass is 79.9. The fraction of sp³-hybridized carbons (Fsp3) is 0.200. The fourth-order valence-electron chi connectivity index (χ4n) is 2.28. The van der Waals surface area contributed by atoms with Gasteiger partial charge in [0, 0.05) is 16.6 Å². The Balaban J connectivity index is 1.96. The van der Waals surface area contributed by atoms with E-state index in [2.05, 4.69) is 38.0 Å². The molecular formula is C15H13BrN4O2S. The zero-order chi connectivity index (χ0) is 16.6. The molecule has 118 valence electrons. The van der Waals surface area contributed by atoms with Crippen molar-refractivity contribution in [1.82, 2.24) is 4.90 Å². The van der Waals surface area contributed by atoms with E-state index in [1.165, 1.54) is 16.7 Å². The summed E-state index contributed by atoms with van der Waals surface area (Å²) in [5.41, 5.74) is 1.62. The molecule has 1 N–H and O–H groups in total. The molecule has 1 unspecified atom stereocenters. The second-order valence-corrected chi connectivity index (χ2v) is 7.20. The quantitative estimate of drug-likeness (QED) is 0.634. The average molecular weight is 393 g/mol. The highest BCUT2D eigenvalue weighted by molar-refractivity contribution is 9.10. The number of benzene rings is 1. The van der Waals surface area contributed by atoms with Crippen molar-refractivity contribution in [3.63, 3.8) is 0 Å². The van der Waals surface area contributed by atoms with Crippen LogP contribution >= 0.6 is 27.7 Å². The summed E-state index contributed by atoms with van der Waals surface area (Å²) in [4.78, 5) is 25.6. The van der Waals surface area contributed by atoms with E-state index in [-0.39, 0.29) is 22.8 Å². The van der Waals surface area contributed by atoms with Crippen LogP contribution < -0.4 is 5.32 Å². The van der Waals surface area contributed by atoms with Crippen molar-refractivity contribution in [2.45, 2.75) is 12.2 Å². The average Bonchev–Trinajstić information content (AvgIpc) is 2.96. The van der Waals surface area contributed by atoms with Crippen LogP contribution in [0.25, 0.3) is 0 Å². The predicted molar refractivity (Wildman–Crippen MR) is 95.7 cm³/mol. The molecule has 23 heavy (non-hydrogen) atoms. The molecule has 1 fully saturated rings. The van der Waals surface area contributed by atoms with E-state index in [1.54, 1.807) is 12.1 Å². The van der Waals surface area contributed by atoms with E-state index in [4.69, 9.17) is 0 Å². The number of halogens is 1. The van der Waals surface area contributed by atoms with Gasteiger partial charge in [-0.25, -0.2) is 0 Å². The lowest BCUT2D eigenvalue weighted by Crippen LogP contribution is -2.31. The van der Waals surface area contributed by atoms with Crippen LogP contribution in [0.15, 0.2) is 45.5 Å².